The van der Waals surface area contributed by atoms with Crippen LogP contribution in [0.4, 0.5) is 4.79 Å². The molecular formula is C32H43N5O8S. The van der Waals surface area contributed by atoms with Crippen LogP contribution in [-0.4, -0.2) is 83.4 Å². The molecule has 3 atom stereocenters. The van der Waals surface area contributed by atoms with Gasteiger partial charge in [0.1, 0.15) is 30.3 Å². The van der Waals surface area contributed by atoms with E-state index in [1.54, 1.807) is 51.1 Å². The average Bonchev–Trinajstić information content (AvgIpc) is 2.98. The number of carbonyl (C=O) groups is 6. The first-order valence-electron chi connectivity index (χ1n) is 14.7. The molecule has 0 aliphatic rings. The fourth-order valence-electron chi connectivity index (χ4n) is 3.87. The summed E-state index contributed by atoms with van der Waals surface area (Å²) >= 11 is 1.40. The zero-order chi connectivity index (χ0) is 34.3. The van der Waals surface area contributed by atoms with Gasteiger partial charge in [-0.3, -0.25) is 24.0 Å². The first-order chi connectivity index (χ1) is 21.6. The van der Waals surface area contributed by atoms with Gasteiger partial charge in [0, 0.05) is 17.9 Å². The summed E-state index contributed by atoms with van der Waals surface area (Å²) in [5.41, 5.74) is 2.07. The molecule has 46 heavy (non-hydrogen) atoms. The van der Waals surface area contributed by atoms with Gasteiger partial charge in [-0.1, -0.05) is 60.2 Å². The highest BCUT2D eigenvalue weighted by Gasteiger charge is 2.29. The van der Waals surface area contributed by atoms with Crippen molar-refractivity contribution in [3.05, 3.63) is 71.3 Å². The summed E-state index contributed by atoms with van der Waals surface area (Å²) in [6.07, 6.45) is -0.722. The topological polar surface area (TPSA) is 192 Å². The van der Waals surface area contributed by atoms with Gasteiger partial charge in [0.25, 0.3) is 0 Å². The Bertz CT molecular complexity index is 1350. The van der Waals surface area contributed by atoms with E-state index in [4.69, 9.17) is 9.84 Å². The molecule has 14 heteroatoms. The molecule has 5 amide bonds. The van der Waals surface area contributed by atoms with Crippen molar-refractivity contribution in [1.29, 1.82) is 0 Å². The lowest BCUT2D eigenvalue weighted by Crippen LogP contribution is -2.58. The van der Waals surface area contributed by atoms with Gasteiger partial charge in [0.2, 0.25) is 23.6 Å². The summed E-state index contributed by atoms with van der Waals surface area (Å²) in [6, 6.07) is 13.5. The number of ether oxygens (including phenoxy) is 1. The second kappa shape index (κ2) is 18.4. The predicted molar refractivity (Wildman–Crippen MR) is 174 cm³/mol. The van der Waals surface area contributed by atoms with Crippen LogP contribution >= 0.6 is 11.8 Å². The monoisotopic (exact) mass is 657 g/mol. The summed E-state index contributed by atoms with van der Waals surface area (Å²) < 4.78 is 5.22. The molecule has 2 rings (SSSR count). The van der Waals surface area contributed by atoms with Crippen molar-refractivity contribution < 1.29 is 38.6 Å². The van der Waals surface area contributed by atoms with Crippen LogP contribution in [0.1, 0.15) is 44.4 Å². The third kappa shape index (κ3) is 14.9. The Kier molecular flexibility index (Phi) is 15.0. The summed E-state index contributed by atoms with van der Waals surface area (Å²) in [6.45, 7) is 7.38. The van der Waals surface area contributed by atoms with Crippen LogP contribution in [0.5, 0.6) is 0 Å². The van der Waals surface area contributed by atoms with Gasteiger partial charge in [0.05, 0.1) is 6.54 Å². The molecule has 0 unspecified atom stereocenters. The van der Waals surface area contributed by atoms with E-state index in [2.05, 4.69) is 26.6 Å². The number of aliphatic carboxylic acids is 1. The lowest BCUT2D eigenvalue weighted by atomic mass is 10.0. The Morgan fingerprint density at radius 3 is 2.02 bits per heavy atom. The van der Waals surface area contributed by atoms with Gasteiger partial charge in [-0.2, -0.15) is 11.8 Å². The van der Waals surface area contributed by atoms with Crippen molar-refractivity contribution in [2.45, 2.75) is 70.5 Å². The van der Waals surface area contributed by atoms with Crippen molar-refractivity contribution in [3.63, 3.8) is 0 Å². The number of hydrogen-bond donors (Lipinski definition) is 6. The molecule has 0 aliphatic heterocycles. The molecule has 0 saturated carbocycles. The molecule has 0 spiro atoms. The van der Waals surface area contributed by atoms with Gasteiger partial charge >= 0.3 is 12.1 Å². The van der Waals surface area contributed by atoms with Crippen LogP contribution in [0.3, 0.4) is 0 Å². The lowest BCUT2D eigenvalue weighted by Gasteiger charge is -2.25. The Morgan fingerprint density at radius 1 is 0.783 bits per heavy atom. The number of nitrogens with one attached hydrogen (secondary N) is 5. The summed E-state index contributed by atoms with van der Waals surface area (Å²) in [7, 11) is 0. The number of amides is 5. The normalized spacial score (nSPS) is 12.9. The molecule has 13 nitrogen and oxygen atoms in total. The third-order valence-corrected chi connectivity index (χ3v) is 7.32. The summed E-state index contributed by atoms with van der Waals surface area (Å²) in [5, 5.41) is 21.2. The quantitative estimate of drug-likeness (QED) is 0.156. The molecule has 2 aromatic carbocycles. The van der Waals surface area contributed by atoms with Gasteiger partial charge < -0.3 is 36.4 Å². The Balaban J connectivity index is 2.19. The number of aryl methyl sites for hydroxylation is 1. The minimum atomic E-state index is -1.24. The van der Waals surface area contributed by atoms with Gasteiger partial charge in [-0.15, -0.1) is 0 Å². The molecule has 2 aromatic rings. The molecule has 0 heterocycles. The predicted octanol–water partition coefficient (Wildman–Crippen LogP) is 1.67. The van der Waals surface area contributed by atoms with Crippen LogP contribution in [-0.2, 0) is 40.9 Å². The number of rotatable bonds is 16. The second-order valence-corrected chi connectivity index (χ2v) is 12.6. The van der Waals surface area contributed by atoms with E-state index in [1.165, 1.54) is 18.7 Å². The molecule has 250 valence electrons. The Morgan fingerprint density at radius 2 is 1.41 bits per heavy atom. The van der Waals surface area contributed by atoms with Crippen LogP contribution in [0, 0.1) is 6.92 Å². The second-order valence-electron chi connectivity index (χ2n) is 11.6. The van der Waals surface area contributed by atoms with Crippen molar-refractivity contribution >= 4 is 47.5 Å². The van der Waals surface area contributed by atoms with E-state index < -0.39 is 72.5 Å². The van der Waals surface area contributed by atoms with Crippen LogP contribution in [0.2, 0.25) is 0 Å². The highest BCUT2D eigenvalue weighted by Crippen LogP contribution is 2.15. The van der Waals surface area contributed by atoms with Crippen LogP contribution in [0.15, 0.2) is 54.6 Å². The summed E-state index contributed by atoms with van der Waals surface area (Å²) in [5.74, 6) is -3.24. The highest BCUT2D eigenvalue weighted by molar-refractivity contribution is 7.98. The number of alkyl carbamates (subject to hydrolysis) is 1. The maximum Gasteiger partial charge on any atom is 0.408 e. The van der Waals surface area contributed by atoms with E-state index in [0.29, 0.717) is 5.75 Å². The fraction of sp³-hybridized carbons (Fsp3) is 0.438. The minimum absolute atomic E-state index is 0.0724. The van der Waals surface area contributed by atoms with E-state index in [0.717, 1.165) is 16.7 Å². The van der Waals surface area contributed by atoms with E-state index in [9.17, 15) is 28.8 Å². The molecule has 0 aliphatic carbocycles. The number of carboxylic acid groups (broad SMARTS) is 1. The zero-order valence-electron chi connectivity index (χ0n) is 26.7. The number of hydrogen-bond acceptors (Lipinski definition) is 8. The van der Waals surface area contributed by atoms with E-state index in [-0.39, 0.29) is 12.2 Å². The first kappa shape index (κ1) is 37.6. The van der Waals surface area contributed by atoms with E-state index >= 15 is 0 Å². The van der Waals surface area contributed by atoms with Crippen LogP contribution < -0.4 is 26.6 Å². The number of thioether (sulfide) groups is 1. The average molecular weight is 658 g/mol. The fourth-order valence-corrected chi connectivity index (χ4v) is 4.88. The van der Waals surface area contributed by atoms with Crippen molar-refractivity contribution in [2.75, 3.05) is 18.8 Å². The number of carboxylic acids is 1. The molecule has 0 radical (unpaired) electrons. The van der Waals surface area contributed by atoms with Gasteiger partial charge in [0.15, 0.2) is 0 Å². The Hall–Kier alpha value is -4.59. The molecule has 0 bridgehead atoms. The summed E-state index contributed by atoms with van der Waals surface area (Å²) in [4.78, 5) is 74.8. The van der Waals surface area contributed by atoms with Gasteiger partial charge in [-0.05, 0) is 45.7 Å². The maximum atomic E-state index is 13.6. The third-order valence-electron chi connectivity index (χ3n) is 6.21. The standard InChI is InChI=1S/C32H43N5O8S/c1-20-11-13-23(14-12-20)18-46-19-25(37-28(41)21(2)35-31(44)45-32(3,4)5)30(43)36-24(15-22-9-7-6-8-10-22)29(42)34-16-26(38)33-17-27(39)40/h6-14,21,24-25H,15-19H2,1-5H3,(H,33,38)(H,34,42)(H,35,44)(H,36,43)(H,37,41)(H,39,40)/t21-,24-,25-/m0/s1. The molecule has 0 fully saturated rings. The zero-order valence-corrected chi connectivity index (χ0v) is 27.5. The van der Waals surface area contributed by atoms with Gasteiger partial charge in [-0.25, -0.2) is 4.79 Å². The number of carbonyl (C=O) groups excluding carboxylic acids is 5. The van der Waals surface area contributed by atoms with E-state index in [1.807, 2.05) is 31.2 Å². The molecule has 6 N–H and O–H groups in total. The van der Waals surface area contributed by atoms with Crippen LogP contribution in [0.25, 0.3) is 0 Å². The van der Waals surface area contributed by atoms with Crippen molar-refractivity contribution in [2.24, 2.45) is 0 Å². The SMILES string of the molecule is Cc1ccc(CSC[C@H](NC(=O)[C@H](C)NC(=O)OC(C)(C)C)C(=O)N[C@@H](Cc2ccccc2)C(=O)NCC(=O)NCC(=O)O)cc1. The van der Waals surface area contributed by atoms with Crippen molar-refractivity contribution in [3.8, 4) is 0 Å². The van der Waals surface area contributed by atoms with Crippen molar-refractivity contribution in [1.82, 2.24) is 26.6 Å². The lowest BCUT2D eigenvalue weighted by molar-refractivity contribution is -0.138. The number of benzene rings is 2. The Labute approximate surface area is 273 Å². The largest absolute Gasteiger partial charge is 0.480 e. The molecule has 0 saturated heterocycles. The molecular weight excluding hydrogens is 614 g/mol. The smallest absolute Gasteiger partial charge is 0.408 e. The minimum Gasteiger partial charge on any atom is -0.480 e. The first-order valence-corrected chi connectivity index (χ1v) is 15.8. The maximum absolute atomic E-state index is 13.6. The highest BCUT2D eigenvalue weighted by atomic mass is 32.2. The molecule has 0 aromatic heterocycles.